The van der Waals surface area contributed by atoms with E-state index in [1.807, 2.05) is 37.3 Å². The first kappa shape index (κ1) is 34.0. The van der Waals surface area contributed by atoms with Crippen LogP contribution in [0.4, 0.5) is 21.9 Å². The summed E-state index contributed by atoms with van der Waals surface area (Å²) in [5.41, 5.74) is 3.13. The number of nitrogens with one attached hydrogen (secondary N) is 3. The Morgan fingerprint density at radius 1 is 0.935 bits per heavy atom. The van der Waals surface area contributed by atoms with E-state index in [-0.39, 0.29) is 31.4 Å². The van der Waals surface area contributed by atoms with E-state index in [1.165, 1.54) is 32.1 Å². The third-order valence-electron chi connectivity index (χ3n) is 8.44. The van der Waals surface area contributed by atoms with Gasteiger partial charge in [0.15, 0.2) is 6.61 Å². The molecule has 0 radical (unpaired) electrons. The van der Waals surface area contributed by atoms with E-state index in [4.69, 9.17) is 9.84 Å². The van der Waals surface area contributed by atoms with Crippen LogP contribution in [0.5, 0.6) is 5.75 Å². The van der Waals surface area contributed by atoms with Crippen LogP contribution >= 0.6 is 0 Å². The van der Waals surface area contributed by atoms with Crippen LogP contribution in [0.2, 0.25) is 0 Å². The minimum absolute atomic E-state index is 0.168. The molecule has 3 aromatic carbocycles. The van der Waals surface area contributed by atoms with Gasteiger partial charge in [-0.15, -0.1) is 0 Å². The van der Waals surface area contributed by atoms with Crippen molar-refractivity contribution in [3.8, 4) is 5.75 Å². The first-order chi connectivity index (χ1) is 22.2. The number of benzene rings is 3. The van der Waals surface area contributed by atoms with Crippen LogP contribution in [0, 0.1) is 18.8 Å². The van der Waals surface area contributed by atoms with Crippen molar-refractivity contribution in [1.29, 1.82) is 0 Å². The molecule has 0 bridgehead atoms. The molecule has 4 N–H and O–H groups in total. The number of carbonyl (C=O) groups excluding carboxylic acids is 3. The van der Waals surface area contributed by atoms with Crippen LogP contribution in [-0.4, -0.2) is 48.6 Å². The van der Waals surface area contributed by atoms with Gasteiger partial charge in [-0.2, -0.15) is 0 Å². The number of anilines is 3. The fourth-order valence-electron chi connectivity index (χ4n) is 5.86. The number of hydrogen-bond donors (Lipinski definition) is 4. The minimum atomic E-state index is -0.971. The molecule has 1 unspecified atom stereocenters. The lowest BCUT2D eigenvalue weighted by Crippen LogP contribution is -2.42. The lowest BCUT2D eigenvalue weighted by molar-refractivity contribution is -0.136. The van der Waals surface area contributed by atoms with Gasteiger partial charge in [0.1, 0.15) is 5.75 Å². The summed E-state index contributed by atoms with van der Waals surface area (Å²) in [5, 5.41) is 17.2. The number of rotatable bonds is 14. The van der Waals surface area contributed by atoms with Gasteiger partial charge in [0.05, 0.1) is 18.7 Å². The Kier molecular flexibility index (Phi) is 12.6. The smallest absolute Gasteiger partial charge is 0.319 e. The molecular formula is C36H44N4O6. The standard InChI is InChI=1S/C36H44N4O6/c1-25(28-13-4-3-5-14-28)19-20-40(34(42)23-37-36(45)38-29-15-10-12-27(21-29)22-35(43)44)31-17-8-9-18-32(31)46-24-33(41)39-30-16-7-6-11-26(30)2/h6-12,15-18,21,25,28H,3-5,13-14,19-20,22-24H2,1-2H3,(H,39,41)(H,43,44)(H2,37,38,45). The highest BCUT2D eigenvalue weighted by atomic mass is 16.5. The highest BCUT2D eigenvalue weighted by Gasteiger charge is 2.25. The van der Waals surface area contributed by atoms with Crippen LogP contribution < -0.4 is 25.6 Å². The van der Waals surface area contributed by atoms with Crippen LogP contribution in [0.25, 0.3) is 0 Å². The Bertz CT molecular complexity index is 1500. The van der Waals surface area contributed by atoms with Crippen LogP contribution in [-0.2, 0) is 20.8 Å². The van der Waals surface area contributed by atoms with Gasteiger partial charge in [0.2, 0.25) is 5.91 Å². The van der Waals surface area contributed by atoms with Crippen molar-refractivity contribution in [3.05, 3.63) is 83.9 Å². The van der Waals surface area contributed by atoms with Crippen molar-refractivity contribution in [2.24, 2.45) is 11.8 Å². The number of amides is 4. The summed E-state index contributed by atoms with van der Waals surface area (Å²) in [6, 6.07) is 20.6. The van der Waals surface area contributed by atoms with Gasteiger partial charge < -0.3 is 30.7 Å². The normalized spacial score (nSPS) is 13.7. The number of carboxylic acid groups (broad SMARTS) is 1. The molecule has 0 heterocycles. The summed E-state index contributed by atoms with van der Waals surface area (Å²) in [7, 11) is 0. The van der Waals surface area contributed by atoms with Crippen molar-refractivity contribution in [1.82, 2.24) is 5.32 Å². The SMILES string of the molecule is Cc1ccccc1NC(=O)COc1ccccc1N(CCC(C)C1CCCCC1)C(=O)CNC(=O)Nc1cccc(CC(=O)O)c1. The number of hydrogen-bond acceptors (Lipinski definition) is 5. The molecule has 244 valence electrons. The number of urea groups is 1. The summed E-state index contributed by atoms with van der Waals surface area (Å²) in [6.45, 7) is 4.05. The van der Waals surface area contributed by atoms with Gasteiger partial charge in [-0.3, -0.25) is 14.4 Å². The molecule has 1 atom stereocenters. The van der Waals surface area contributed by atoms with E-state index in [9.17, 15) is 19.2 Å². The predicted octanol–water partition coefficient (Wildman–Crippen LogP) is 6.40. The third-order valence-corrected chi connectivity index (χ3v) is 8.44. The van der Waals surface area contributed by atoms with Gasteiger partial charge in [0, 0.05) is 17.9 Å². The maximum Gasteiger partial charge on any atom is 0.319 e. The monoisotopic (exact) mass is 628 g/mol. The number of aryl methyl sites for hydroxylation is 1. The number of ether oxygens (including phenoxy) is 1. The van der Waals surface area contributed by atoms with E-state index < -0.39 is 12.0 Å². The Labute approximate surface area is 270 Å². The van der Waals surface area contributed by atoms with E-state index >= 15 is 0 Å². The maximum absolute atomic E-state index is 13.7. The first-order valence-corrected chi connectivity index (χ1v) is 15.9. The Morgan fingerprint density at radius 2 is 1.67 bits per heavy atom. The quantitative estimate of drug-likeness (QED) is 0.163. The number of aliphatic carboxylic acids is 1. The molecule has 1 aliphatic carbocycles. The fourth-order valence-corrected chi connectivity index (χ4v) is 5.86. The fraction of sp³-hybridized carbons (Fsp3) is 0.389. The Balaban J connectivity index is 1.44. The molecular weight excluding hydrogens is 584 g/mol. The lowest BCUT2D eigenvalue weighted by atomic mass is 9.79. The molecule has 0 aliphatic heterocycles. The second kappa shape index (κ2) is 17.0. The Hall–Kier alpha value is -4.86. The second-order valence-corrected chi connectivity index (χ2v) is 11.9. The summed E-state index contributed by atoms with van der Waals surface area (Å²) >= 11 is 0. The van der Waals surface area contributed by atoms with Crippen molar-refractivity contribution in [2.45, 2.75) is 58.8 Å². The van der Waals surface area contributed by atoms with Crippen LogP contribution in [0.15, 0.2) is 72.8 Å². The van der Waals surface area contributed by atoms with Crippen LogP contribution in [0.3, 0.4) is 0 Å². The number of nitrogens with zero attached hydrogens (tertiary/aromatic N) is 1. The van der Waals surface area contributed by atoms with Gasteiger partial charge in [-0.05, 0) is 66.6 Å². The van der Waals surface area contributed by atoms with Crippen LogP contribution in [0.1, 0.15) is 56.6 Å². The number of carbonyl (C=O) groups is 4. The molecule has 4 amide bonds. The zero-order valence-corrected chi connectivity index (χ0v) is 26.6. The van der Waals surface area contributed by atoms with Crippen molar-refractivity contribution >= 4 is 40.9 Å². The lowest BCUT2D eigenvalue weighted by Gasteiger charge is -2.31. The zero-order chi connectivity index (χ0) is 32.9. The molecule has 1 fully saturated rings. The van der Waals surface area contributed by atoms with Crippen molar-refractivity contribution in [3.63, 3.8) is 0 Å². The third kappa shape index (κ3) is 10.4. The molecule has 10 heteroatoms. The summed E-state index contributed by atoms with van der Waals surface area (Å²) in [6.07, 6.45) is 6.74. The second-order valence-electron chi connectivity index (χ2n) is 11.9. The first-order valence-electron chi connectivity index (χ1n) is 15.9. The molecule has 0 saturated heterocycles. The Morgan fingerprint density at radius 3 is 2.43 bits per heavy atom. The van der Waals surface area contributed by atoms with Gasteiger partial charge in [-0.1, -0.05) is 81.5 Å². The van der Waals surface area contributed by atoms with E-state index in [1.54, 1.807) is 47.4 Å². The van der Waals surface area contributed by atoms with E-state index in [2.05, 4.69) is 22.9 Å². The molecule has 1 saturated carbocycles. The molecule has 1 aliphatic rings. The van der Waals surface area contributed by atoms with Gasteiger partial charge in [0.25, 0.3) is 5.91 Å². The number of para-hydroxylation sites is 3. The van der Waals surface area contributed by atoms with Crippen molar-refractivity contribution in [2.75, 3.05) is 35.2 Å². The molecule has 46 heavy (non-hydrogen) atoms. The molecule has 4 rings (SSSR count). The largest absolute Gasteiger partial charge is 0.482 e. The highest BCUT2D eigenvalue weighted by molar-refractivity contribution is 5.99. The topological polar surface area (TPSA) is 137 Å². The summed E-state index contributed by atoms with van der Waals surface area (Å²) in [4.78, 5) is 51.9. The van der Waals surface area contributed by atoms with Gasteiger partial charge in [-0.25, -0.2) is 4.79 Å². The summed E-state index contributed by atoms with van der Waals surface area (Å²) in [5.74, 6) is -0.201. The molecule has 3 aromatic rings. The van der Waals surface area contributed by atoms with E-state index in [0.29, 0.717) is 46.8 Å². The van der Waals surface area contributed by atoms with Crippen molar-refractivity contribution < 1.29 is 29.0 Å². The zero-order valence-electron chi connectivity index (χ0n) is 26.6. The molecule has 0 spiro atoms. The predicted molar refractivity (Wildman–Crippen MR) is 179 cm³/mol. The average Bonchev–Trinajstić information content (AvgIpc) is 3.04. The number of carboxylic acids is 1. The molecule has 0 aromatic heterocycles. The molecule has 10 nitrogen and oxygen atoms in total. The minimum Gasteiger partial charge on any atom is -0.482 e. The average molecular weight is 629 g/mol. The highest BCUT2D eigenvalue weighted by Crippen LogP contribution is 2.33. The summed E-state index contributed by atoms with van der Waals surface area (Å²) < 4.78 is 5.96. The van der Waals surface area contributed by atoms with Gasteiger partial charge >= 0.3 is 12.0 Å². The van der Waals surface area contributed by atoms with E-state index in [0.717, 1.165) is 12.0 Å². The maximum atomic E-state index is 13.7.